The monoisotopic (exact) mass is 315 g/mol. The van der Waals surface area contributed by atoms with Gasteiger partial charge in [-0.25, -0.2) is 0 Å². The Balaban J connectivity index is 0. The fraction of sp³-hybridized carbons (Fsp3) is 1.00. The van der Waals surface area contributed by atoms with E-state index in [0.717, 1.165) is 23.7 Å². The van der Waals surface area contributed by atoms with Crippen LogP contribution in [0.15, 0.2) is 0 Å². The summed E-state index contributed by atoms with van der Waals surface area (Å²) < 4.78 is 0.842. The van der Waals surface area contributed by atoms with Gasteiger partial charge in [0.25, 0.3) is 0 Å². The maximum absolute atomic E-state index is 10.4. The van der Waals surface area contributed by atoms with E-state index in [1.165, 1.54) is 0 Å². The van der Waals surface area contributed by atoms with Crippen LogP contribution < -0.4 is 24.0 Å². The third kappa shape index (κ3) is 4.03. The van der Waals surface area contributed by atoms with Gasteiger partial charge in [0.2, 0.25) is 0 Å². The molecule has 0 saturated heterocycles. The van der Waals surface area contributed by atoms with E-state index in [1.807, 2.05) is 0 Å². The summed E-state index contributed by atoms with van der Waals surface area (Å²) in [6.07, 6.45) is 2.72. The molecule has 88 valence electrons. The molecule has 14 heavy (non-hydrogen) atoms. The summed E-state index contributed by atoms with van der Waals surface area (Å²) in [5.41, 5.74) is -0.493. The summed E-state index contributed by atoms with van der Waals surface area (Å²) in [7, 11) is 6.47. The molecule has 1 N–H and O–H groups in total. The van der Waals surface area contributed by atoms with Gasteiger partial charge in [0, 0.05) is 0 Å². The van der Waals surface area contributed by atoms with Crippen molar-refractivity contribution in [3.63, 3.8) is 0 Å². The lowest BCUT2D eigenvalue weighted by Crippen LogP contribution is -3.00. The Hall–Kier alpha value is 0.650. The number of rotatable bonds is 5. The number of nitrogens with zero attached hydrogens (tertiary/aromatic N) is 1. The Bertz CT molecular complexity index is 150. The van der Waals surface area contributed by atoms with Gasteiger partial charge in [0.15, 0.2) is 0 Å². The molecule has 0 radical (unpaired) electrons. The quantitative estimate of drug-likeness (QED) is 0.511. The van der Waals surface area contributed by atoms with Crippen LogP contribution >= 0.6 is 0 Å². The Morgan fingerprint density at radius 3 is 1.50 bits per heavy atom. The zero-order valence-electron chi connectivity index (χ0n) is 10.5. The van der Waals surface area contributed by atoms with Crippen LogP contribution in [0.5, 0.6) is 0 Å². The average Bonchev–Trinajstić information content (AvgIpc) is 2.02. The molecule has 0 aromatic rings. The van der Waals surface area contributed by atoms with Crippen LogP contribution in [0.25, 0.3) is 0 Å². The van der Waals surface area contributed by atoms with E-state index in [2.05, 4.69) is 41.9 Å². The molecule has 0 aromatic heterocycles. The van der Waals surface area contributed by atoms with Crippen LogP contribution in [-0.2, 0) is 0 Å². The third-order valence-electron chi connectivity index (χ3n) is 3.17. The normalized spacial score (nSPS) is 14.8. The summed E-state index contributed by atoms with van der Waals surface area (Å²) in [6.45, 7) is 6.30. The van der Waals surface area contributed by atoms with Crippen molar-refractivity contribution in [2.45, 2.75) is 51.7 Å². The minimum absolute atomic E-state index is 0. The van der Waals surface area contributed by atoms with E-state index in [4.69, 9.17) is 0 Å². The van der Waals surface area contributed by atoms with Crippen LogP contribution in [0.4, 0.5) is 0 Å². The molecule has 0 aliphatic heterocycles. The van der Waals surface area contributed by atoms with Gasteiger partial charge in [-0.2, -0.15) is 0 Å². The highest BCUT2D eigenvalue weighted by Gasteiger charge is 2.40. The van der Waals surface area contributed by atoms with Gasteiger partial charge in [0.05, 0.1) is 21.1 Å². The van der Waals surface area contributed by atoms with Gasteiger partial charge < -0.3 is 33.6 Å². The van der Waals surface area contributed by atoms with E-state index in [1.54, 1.807) is 0 Å². The second kappa shape index (κ2) is 6.28. The zero-order valence-corrected chi connectivity index (χ0v) is 12.6. The van der Waals surface area contributed by atoms with Crippen molar-refractivity contribution in [1.29, 1.82) is 0 Å². The van der Waals surface area contributed by atoms with Crippen LogP contribution in [0.1, 0.15) is 40.0 Å². The van der Waals surface area contributed by atoms with Gasteiger partial charge in [-0.3, -0.25) is 0 Å². The molecule has 1 unspecified atom stereocenters. The standard InChI is InChI=1S/C11H26NO.HI/c1-7-10(12(4,5)6)11(13,8-2)9-3;/h10,13H,7-9H2,1-6H3;1H/q+1;/p-1. The number of hydrogen-bond donors (Lipinski definition) is 1. The van der Waals surface area contributed by atoms with Crippen molar-refractivity contribution in [3.05, 3.63) is 0 Å². The number of halogens is 1. The topological polar surface area (TPSA) is 20.2 Å². The predicted molar refractivity (Wildman–Crippen MR) is 57.6 cm³/mol. The van der Waals surface area contributed by atoms with Gasteiger partial charge in [0.1, 0.15) is 11.6 Å². The highest BCUT2D eigenvalue weighted by molar-refractivity contribution is 4.84. The van der Waals surface area contributed by atoms with Gasteiger partial charge in [-0.15, -0.1) is 0 Å². The summed E-state index contributed by atoms with van der Waals surface area (Å²) in [6, 6.07) is 0.336. The molecule has 0 aliphatic rings. The molecule has 2 nitrogen and oxygen atoms in total. The highest BCUT2D eigenvalue weighted by atomic mass is 127. The van der Waals surface area contributed by atoms with E-state index < -0.39 is 5.60 Å². The Morgan fingerprint density at radius 2 is 1.43 bits per heavy atom. The number of hydrogen-bond acceptors (Lipinski definition) is 1. The van der Waals surface area contributed by atoms with Crippen molar-refractivity contribution in [1.82, 2.24) is 0 Å². The average molecular weight is 315 g/mol. The lowest BCUT2D eigenvalue weighted by atomic mass is 9.85. The lowest BCUT2D eigenvalue weighted by Gasteiger charge is -2.43. The second-order valence-corrected chi connectivity index (χ2v) is 4.85. The molecule has 0 rings (SSSR count). The van der Waals surface area contributed by atoms with Crippen molar-refractivity contribution in [2.24, 2.45) is 0 Å². The predicted octanol–water partition coefficient (Wildman–Crippen LogP) is -0.974. The van der Waals surface area contributed by atoms with Crippen molar-refractivity contribution >= 4 is 0 Å². The first-order chi connectivity index (χ1) is 5.81. The molecule has 0 spiro atoms. The minimum atomic E-state index is -0.493. The van der Waals surface area contributed by atoms with Crippen molar-refractivity contribution in [3.8, 4) is 0 Å². The van der Waals surface area contributed by atoms with E-state index in [0.29, 0.717) is 6.04 Å². The Morgan fingerprint density at radius 1 is 1.07 bits per heavy atom. The first-order valence-electron chi connectivity index (χ1n) is 5.35. The summed E-state index contributed by atoms with van der Waals surface area (Å²) in [4.78, 5) is 0. The van der Waals surface area contributed by atoms with Crippen LogP contribution in [-0.4, -0.2) is 42.4 Å². The van der Waals surface area contributed by atoms with E-state index >= 15 is 0 Å². The van der Waals surface area contributed by atoms with E-state index in [-0.39, 0.29) is 24.0 Å². The molecule has 0 aromatic carbocycles. The summed E-state index contributed by atoms with van der Waals surface area (Å²) in [5.74, 6) is 0. The molecular weight excluding hydrogens is 289 g/mol. The van der Waals surface area contributed by atoms with Gasteiger partial charge >= 0.3 is 0 Å². The molecule has 0 bridgehead atoms. The van der Waals surface area contributed by atoms with Gasteiger partial charge in [-0.05, 0) is 19.3 Å². The largest absolute Gasteiger partial charge is 1.00 e. The second-order valence-electron chi connectivity index (χ2n) is 4.85. The number of quaternary nitrogens is 1. The molecule has 0 aliphatic carbocycles. The number of likely N-dealkylation sites (N-methyl/N-ethyl adjacent to an activating group) is 1. The summed E-state index contributed by atoms with van der Waals surface area (Å²) >= 11 is 0. The van der Waals surface area contributed by atoms with Crippen LogP contribution in [0.2, 0.25) is 0 Å². The third-order valence-corrected chi connectivity index (χ3v) is 3.17. The smallest absolute Gasteiger partial charge is 0.117 e. The fourth-order valence-corrected chi connectivity index (χ4v) is 2.37. The van der Waals surface area contributed by atoms with Crippen molar-refractivity contribution in [2.75, 3.05) is 21.1 Å². The molecular formula is C11H26INO. The molecule has 0 amide bonds. The lowest BCUT2D eigenvalue weighted by molar-refractivity contribution is -0.904. The molecule has 0 fully saturated rings. The van der Waals surface area contributed by atoms with Gasteiger partial charge in [-0.1, -0.05) is 20.8 Å². The molecule has 0 saturated carbocycles. The fourth-order valence-electron chi connectivity index (χ4n) is 2.37. The van der Waals surface area contributed by atoms with Crippen LogP contribution in [0.3, 0.4) is 0 Å². The van der Waals surface area contributed by atoms with Crippen molar-refractivity contribution < 1.29 is 33.6 Å². The van der Waals surface area contributed by atoms with Crippen LogP contribution in [0, 0.1) is 0 Å². The number of aliphatic hydroxyl groups is 1. The minimum Gasteiger partial charge on any atom is -1.00 e. The maximum Gasteiger partial charge on any atom is 0.117 e. The maximum atomic E-state index is 10.4. The molecule has 1 atom stereocenters. The Kier molecular flexibility index (Phi) is 7.65. The molecule has 0 heterocycles. The SMILES string of the molecule is CCC(C(O)(CC)CC)[N+](C)(C)C.[I-]. The zero-order chi connectivity index (χ0) is 10.7. The Labute approximate surface area is 106 Å². The first-order valence-corrected chi connectivity index (χ1v) is 5.35. The summed E-state index contributed by atoms with van der Waals surface area (Å²) in [5, 5.41) is 10.4. The molecule has 3 heteroatoms. The highest BCUT2D eigenvalue weighted by Crippen LogP contribution is 2.27. The van der Waals surface area contributed by atoms with E-state index in [9.17, 15) is 5.11 Å². The first kappa shape index (κ1) is 17.1.